The van der Waals surface area contributed by atoms with Gasteiger partial charge in [0.1, 0.15) is 5.82 Å². The highest BCUT2D eigenvalue weighted by Gasteiger charge is 2.25. The maximum Gasteiger partial charge on any atom is 0.223 e. The average molecular weight is 413 g/mol. The molecule has 0 aromatic heterocycles. The molecule has 1 N–H and O–H groups in total. The van der Waals surface area contributed by atoms with Crippen LogP contribution in [0, 0.1) is 11.7 Å². The molecule has 0 radical (unpaired) electrons. The molecular formula is C25H33FN2O2. The molecule has 2 aromatic carbocycles. The molecule has 1 fully saturated rings. The summed E-state index contributed by atoms with van der Waals surface area (Å²) < 4.78 is 19.8. The molecular weight excluding hydrogens is 379 g/mol. The molecule has 3 rings (SSSR count). The first-order valence-electron chi connectivity index (χ1n) is 11.0. The quantitative estimate of drug-likeness (QED) is 0.610. The van der Waals surface area contributed by atoms with Crippen molar-refractivity contribution in [3.63, 3.8) is 0 Å². The molecule has 5 heteroatoms. The van der Waals surface area contributed by atoms with Gasteiger partial charge in [-0.2, -0.15) is 0 Å². The van der Waals surface area contributed by atoms with Crippen molar-refractivity contribution in [2.24, 2.45) is 5.92 Å². The van der Waals surface area contributed by atoms with Crippen LogP contribution in [-0.4, -0.2) is 43.2 Å². The van der Waals surface area contributed by atoms with Gasteiger partial charge in [-0.25, -0.2) is 4.39 Å². The first-order chi connectivity index (χ1) is 14.5. The average Bonchev–Trinajstić information content (AvgIpc) is 2.74. The number of piperidine rings is 1. The monoisotopic (exact) mass is 412 g/mol. The zero-order valence-corrected chi connectivity index (χ0v) is 18.1. The summed E-state index contributed by atoms with van der Waals surface area (Å²) in [5.74, 6) is 0.0409. The number of benzene rings is 2. The Morgan fingerprint density at radius 1 is 1.10 bits per heavy atom. The molecule has 0 unspecified atom stereocenters. The lowest BCUT2D eigenvalue weighted by Gasteiger charge is -2.31. The number of nitrogens with one attached hydrogen (secondary N) is 1. The number of hydrogen-bond acceptors (Lipinski definition) is 3. The molecule has 1 aliphatic rings. The van der Waals surface area contributed by atoms with Crippen LogP contribution < -0.4 is 5.32 Å². The Bertz CT molecular complexity index is 816. The molecule has 0 bridgehead atoms. The van der Waals surface area contributed by atoms with Crippen molar-refractivity contribution in [3.8, 4) is 11.1 Å². The number of hydrogen-bond donors (Lipinski definition) is 1. The standard InChI is InChI=1S/C25H33FN2O2/c1-19(2)30-17-7-14-27-25(29)20-12-15-28(16-13-20)18-21-8-3-4-9-22(21)23-10-5-6-11-24(23)26/h3-6,8-11,19-20H,7,12-18H2,1-2H3,(H,27,29). The number of nitrogens with zero attached hydrogens (tertiary/aromatic N) is 1. The van der Waals surface area contributed by atoms with Crippen molar-refractivity contribution in [2.75, 3.05) is 26.2 Å². The number of carbonyl (C=O) groups is 1. The Kier molecular flexibility index (Phi) is 8.40. The number of ether oxygens (including phenoxy) is 1. The van der Waals surface area contributed by atoms with Crippen LogP contribution >= 0.6 is 0 Å². The van der Waals surface area contributed by atoms with Crippen molar-refractivity contribution < 1.29 is 13.9 Å². The molecule has 1 amide bonds. The first kappa shape index (κ1) is 22.4. The molecule has 0 atom stereocenters. The lowest BCUT2D eigenvalue weighted by molar-refractivity contribution is -0.126. The maximum absolute atomic E-state index is 14.3. The second-order valence-corrected chi connectivity index (χ2v) is 8.25. The summed E-state index contributed by atoms with van der Waals surface area (Å²) in [7, 11) is 0. The summed E-state index contributed by atoms with van der Waals surface area (Å²) in [6, 6.07) is 14.9. The van der Waals surface area contributed by atoms with Crippen LogP contribution in [-0.2, 0) is 16.1 Å². The molecule has 1 heterocycles. The van der Waals surface area contributed by atoms with E-state index in [9.17, 15) is 9.18 Å². The van der Waals surface area contributed by atoms with E-state index in [0.29, 0.717) is 18.7 Å². The summed E-state index contributed by atoms with van der Waals surface area (Å²) in [6.45, 7) is 7.90. The Hall–Kier alpha value is -2.24. The molecule has 2 aromatic rings. The largest absolute Gasteiger partial charge is 0.379 e. The third kappa shape index (κ3) is 6.38. The van der Waals surface area contributed by atoms with E-state index >= 15 is 0 Å². The van der Waals surface area contributed by atoms with Gasteiger partial charge >= 0.3 is 0 Å². The van der Waals surface area contributed by atoms with E-state index in [0.717, 1.165) is 50.0 Å². The third-order valence-electron chi connectivity index (χ3n) is 5.61. The molecule has 0 spiro atoms. The van der Waals surface area contributed by atoms with Crippen LogP contribution in [0.1, 0.15) is 38.7 Å². The van der Waals surface area contributed by atoms with Gasteiger partial charge in [-0.1, -0.05) is 42.5 Å². The number of likely N-dealkylation sites (tertiary alicyclic amines) is 1. The minimum atomic E-state index is -0.195. The van der Waals surface area contributed by atoms with Crippen LogP contribution in [0.2, 0.25) is 0 Å². The Morgan fingerprint density at radius 2 is 1.77 bits per heavy atom. The van der Waals surface area contributed by atoms with Crippen molar-refractivity contribution >= 4 is 5.91 Å². The summed E-state index contributed by atoms with van der Waals surface area (Å²) in [5, 5.41) is 3.05. The van der Waals surface area contributed by atoms with Crippen molar-refractivity contribution in [1.82, 2.24) is 10.2 Å². The van der Waals surface area contributed by atoms with E-state index in [1.54, 1.807) is 6.07 Å². The van der Waals surface area contributed by atoms with Crippen LogP contribution in [0.15, 0.2) is 48.5 Å². The van der Waals surface area contributed by atoms with Crippen molar-refractivity contribution in [3.05, 3.63) is 59.9 Å². The summed E-state index contributed by atoms with van der Waals surface area (Å²) in [6.07, 6.45) is 2.79. The predicted octanol–water partition coefficient (Wildman–Crippen LogP) is 4.64. The third-order valence-corrected chi connectivity index (χ3v) is 5.61. The summed E-state index contributed by atoms with van der Waals surface area (Å²) >= 11 is 0. The topological polar surface area (TPSA) is 41.6 Å². The number of halogens is 1. The zero-order chi connectivity index (χ0) is 21.3. The normalized spacial score (nSPS) is 15.5. The lowest BCUT2D eigenvalue weighted by Crippen LogP contribution is -2.40. The number of amides is 1. The van der Waals surface area contributed by atoms with Gasteiger partial charge in [-0.05, 0) is 63.4 Å². The maximum atomic E-state index is 14.3. The van der Waals surface area contributed by atoms with Gasteiger partial charge in [0.25, 0.3) is 0 Å². The molecule has 0 aliphatic carbocycles. The number of rotatable bonds is 9. The highest BCUT2D eigenvalue weighted by atomic mass is 19.1. The van der Waals surface area contributed by atoms with Gasteiger partial charge in [0.15, 0.2) is 0 Å². The fraction of sp³-hybridized carbons (Fsp3) is 0.480. The lowest BCUT2D eigenvalue weighted by atomic mass is 9.94. The Balaban J connectivity index is 1.49. The fourth-order valence-corrected chi connectivity index (χ4v) is 3.94. The minimum Gasteiger partial charge on any atom is -0.379 e. The molecule has 1 saturated heterocycles. The Morgan fingerprint density at radius 3 is 2.47 bits per heavy atom. The SMILES string of the molecule is CC(C)OCCCNC(=O)C1CCN(Cc2ccccc2-c2ccccc2F)CC1. The fourth-order valence-electron chi connectivity index (χ4n) is 3.94. The van der Waals surface area contributed by atoms with Gasteiger partial charge in [0.05, 0.1) is 6.10 Å². The van der Waals surface area contributed by atoms with Crippen molar-refractivity contribution in [2.45, 2.75) is 45.8 Å². The number of carbonyl (C=O) groups excluding carboxylic acids is 1. The van der Waals surface area contributed by atoms with E-state index in [2.05, 4.69) is 16.3 Å². The molecule has 162 valence electrons. The first-order valence-corrected chi connectivity index (χ1v) is 11.0. The van der Waals surface area contributed by atoms with Crippen LogP contribution in [0.5, 0.6) is 0 Å². The van der Waals surface area contributed by atoms with Crippen LogP contribution in [0.4, 0.5) is 4.39 Å². The van der Waals surface area contributed by atoms with E-state index in [4.69, 9.17) is 4.74 Å². The second kappa shape index (κ2) is 11.2. The summed E-state index contributed by atoms with van der Waals surface area (Å²) in [4.78, 5) is 14.8. The smallest absolute Gasteiger partial charge is 0.223 e. The molecule has 1 aliphatic heterocycles. The van der Waals surface area contributed by atoms with E-state index in [1.807, 2.05) is 44.2 Å². The molecule has 30 heavy (non-hydrogen) atoms. The second-order valence-electron chi connectivity index (χ2n) is 8.25. The molecule has 4 nitrogen and oxygen atoms in total. The molecule has 0 saturated carbocycles. The van der Waals surface area contributed by atoms with Crippen molar-refractivity contribution in [1.29, 1.82) is 0 Å². The predicted molar refractivity (Wildman–Crippen MR) is 119 cm³/mol. The van der Waals surface area contributed by atoms with Crippen LogP contribution in [0.3, 0.4) is 0 Å². The van der Waals surface area contributed by atoms with Gasteiger partial charge in [0.2, 0.25) is 5.91 Å². The highest BCUT2D eigenvalue weighted by molar-refractivity contribution is 5.78. The minimum absolute atomic E-state index is 0.0779. The van der Waals surface area contributed by atoms with Gasteiger partial charge in [-0.15, -0.1) is 0 Å². The Labute approximate surface area is 179 Å². The van der Waals surface area contributed by atoms with E-state index in [-0.39, 0.29) is 23.7 Å². The van der Waals surface area contributed by atoms with Gasteiger partial charge < -0.3 is 10.1 Å². The zero-order valence-electron chi connectivity index (χ0n) is 18.1. The highest BCUT2D eigenvalue weighted by Crippen LogP contribution is 2.28. The summed E-state index contributed by atoms with van der Waals surface area (Å²) in [5.41, 5.74) is 2.71. The van der Waals surface area contributed by atoms with E-state index < -0.39 is 0 Å². The van der Waals surface area contributed by atoms with E-state index in [1.165, 1.54) is 6.07 Å². The van der Waals surface area contributed by atoms with Gasteiger partial charge in [0, 0.05) is 31.2 Å². The van der Waals surface area contributed by atoms with Crippen LogP contribution in [0.25, 0.3) is 11.1 Å². The van der Waals surface area contributed by atoms with Gasteiger partial charge in [-0.3, -0.25) is 9.69 Å².